The van der Waals surface area contributed by atoms with Crippen LogP contribution >= 0.6 is 35.3 Å². The zero-order chi connectivity index (χ0) is 21.1. The summed E-state index contributed by atoms with van der Waals surface area (Å²) in [5, 5.41) is 18.5. The fourth-order valence-electron chi connectivity index (χ4n) is 3.91. The third-order valence-electron chi connectivity index (χ3n) is 5.24. The maximum atomic E-state index is 9.37. The summed E-state index contributed by atoms with van der Waals surface area (Å²) in [5.41, 5.74) is 0. The van der Waals surface area contributed by atoms with E-state index in [9.17, 15) is 5.11 Å². The molecular formula is C22H41IN4O2S. The maximum absolute atomic E-state index is 9.37. The molecule has 1 aromatic rings. The molecule has 6 nitrogen and oxygen atoms in total. The molecule has 1 fully saturated rings. The van der Waals surface area contributed by atoms with Gasteiger partial charge in [0.2, 0.25) is 0 Å². The highest BCUT2D eigenvalue weighted by molar-refractivity contribution is 14.0. The maximum Gasteiger partial charge on any atom is 0.191 e. The van der Waals surface area contributed by atoms with Gasteiger partial charge < -0.3 is 20.5 Å². The zero-order valence-corrected chi connectivity index (χ0v) is 22.1. The van der Waals surface area contributed by atoms with Crippen molar-refractivity contribution in [1.29, 1.82) is 0 Å². The quantitative estimate of drug-likeness (QED) is 0.222. The van der Waals surface area contributed by atoms with E-state index in [0.29, 0.717) is 17.9 Å². The number of halogens is 1. The van der Waals surface area contributed by atoms with E-state index in [1.54, 1.807) is 0 Å². The molecule has 30 heavy (non-hydrogen) atoms. The van der Waals surface area contributed by atoms with E-state index in [1.165, 1.54) is 4.88 Å². The fourth-order valence-corrected chi connectivity index (χ4v) is 4.77. The first-order valence-corrected chi connectivity index (χ1v) is 11.9. The summed E-state index contributed by atoms with van der Waals surface area (Å²) in [5.74, 6) is 1.90. The molecule has 2 heterocycles. The smallest absolute Gasteiger partial charge is 0.191 e. The number of morpholine rings is 1. The van der Waals surface area contributed by atoms with Crippen LogP contribution in [0.15, 0.2) is 22.5 Å². The Balaban J connectivity index is 0.00000450. The molecule has 0 aromatic carbocycles. The molecule has 1 saturated heterocycles. The van der Waals surface area contributed by atoms with E-state index < -0.39 is 0 Å². The van der Waals surface area contributed by atoms with Crippen molar-refractivity contribution in [2.75, 3.05) is 45.9 Å². The molecule has 174 valence electrons. The van der Waals surface area contributed by atoms with Crippen molar-refractivity contribution in [2.45, 2.75) is 52.7 Å². The molecule has 8 heteroatoms. The molecule has 1 aromatic heterocycles. The van der Waals surface area contributed by atoms with Crippen LogP contribution in [-0.2, 0) is 4.74 Å². The monoisotopic (exact) mass is 552 g/mol. The lowest BCUT2D eigenvalue weighted by atomic mass is 9.94. The van der Waals surface area contributed by atoms with E-state index in [2.05, 4.69) is 60.7 Å². The van der Waals surface area contributed by atoms with E-state index in [4.69, 9.17) is 9.73 Å². The van der Waals surface area contributed by atoms with Gasteiger partial charge >= 0.3 is 0 Å². The second-order valence-corrected chi connectivity index (χ2v) is 9.30. The largest absolute Gasteiger partial charge is 0.396 e. The first-order valence-electron chi connectivity index (χ1n) is 11.1. The van der Waals surface area contributed by atoms with Crippen LogP contribution in [0, 0.1) is 11.8 Å². The first kappa shape index (κ1) is 27.6. The van der Waals surface area contributed by atoms with Crippen molar-refractivity contribution in [3.05, 3.63) is 22.4 Å². The molecule has 1 aliphatic heterocycles. The SMILES string of the molecule is CCNC(=NCC(CCO)CC(C)C)NCC(c1cccs1)N1CCOC(C)C1.I. The predicted octanol–water partition coefficient (Wildman–Crippen LogP) is 3.73. The van der Waals surface area contributed by atoms with E-state index in [-0.39, 0.29) is 36.7 Å². The molecule has 3 N–H and O–H groups in total. The third kappa shape index (κ3) is 9.80. The molecule has 0 aliphatic carbocycles. The fraction of sp³-hybridized carbons (Fsp3) is 0.773. The van der Waals surface area contributed by atoms with Crippen molar-refractivity contribution >= 4 is 41.3 Å². The van der Waals surface area contributed by atoms with Gasteiger partial charge in [-0.2, -0.15) is 0 Å². The van der Waals surface area contributed by atoms with Crippen molar-refractivity contribution in [3.63, 3.8) is 0 Å². The van der Waals surface area contributed by atoms with Gasteiger partial charge in [-0.25, -0.2) is 0 Å². The zero-order valence-electron chi connectivity index (χ0n) is 19.0. The van der Waals surface area contributed by atoms with Crippen LogP contribution in [0.25, 0.3) is 0 Å². The lowest BCUT2D eigenvalue weighted by Gasteiger charge is -2.37. The van der Waals surface area contributed by atoms with E-state index in [1.807, 2.05) is 11.3 Å². The molecule has 1 aliphatic rings. The summed E-state index contributed by atoms with van der Waals surface area (Å²) in [6.45, 7) is 14.0. The minimum atomic E-state index is 0. The number of rotatable bonds is 11. The minimum absolute atomic E-state index is 0. The number of ether oxygens (including phenoxy) is 1. The molecule has 0 radical (unpaired) electrons. The van der Waals surface area contributed by atoms with Crippen LogP contribution in [0.5, 0.6) is 0 Å². The highest BCUT2D eigenvalue weighted by Gasteiger charge is 2.26. The van der Waals surface area contributed by atoms with Crippen molar-refractivity contribution in [3.8, 4) is 0 Å². The average molecular weight is 553 g/mol. The Labute approximate surface area is 203 Å². The van der Waals surface area contributed by atoms with Gasteiger partial charge in [0.05, 0.1) is 18.8 Å². The molecule has 2 rings (SSSR count). The molecular weight excluding hydrogens is 511 g/mol. The second-order valence-electron chi connectivity index (χ2n) is 8.32. The van der Waals surface area contributed by atoms with Gasteiger partial charge in [-0.05, 0) is 50.0 Å². The normalized spacial score (nSPS) is 19.9. The van der Waals surface area contributed by atoms with E-state index >= 15 is 0 Å². The Morgan fingerprint density at radius 3 is 2.80 bits per heavy atom. The van der Waals surface area contributed by atoms with Gasteiger partial charge in [0.15, 0.2) is 5.96 Å². The summed E-state index contributed by atoms with van der Waals surface area (Å²) in [4.78, 5) is 8.74. The van der Waals surface area contributed by atoms with E-state index in [0.717, 1.165) is 58.1 Å². The molecule has 3 unspecified atom stereocenters. The number of guanidine groups is 1. The number of hydrogen-bond donors (Lipinski definition) is 3. The van der Waals surface area contributed by atoms with Gasteiger partial charge in [0.1, 0.15) is 0 Å². The van der Waals surface area contributed by atoms with Crippen LogP contribution in [0.4, 0.5) is 0 Å². The van der Waals surface area contributed by atoms with Crippen LogP contribution in [-0.4, -0.2) is 68.0 Å². The number of thiophene rings is 1. The lowest BCUT2D eigenvalue weighted by molar-refractivity contribution is -0.0334. The summed E-state index contributed by atoms with van der Waals surface area (Å²) >= 11 is 1.81. The molecule has 3 atom stereocenters. The number of aliphatic hydroxyl groups is 1. The van der Waals surface area contributed by atoms with Crippen molar-refractivity contribution in [2.24, 2.45) is 16.8 Å². The van der Waals surface area contributed by atoms with Crippen molar-refractivity contribution in [1.82, 2.24) is 15.5 Å². The predicted molar refractivity (Wildman–Crippen MR) is 138 cm³/mol. The molecule has 0 amide bonds. The Hall–Kier alpha value is -0.420. The standard InChI is InChI=1S/C22H40N4O2S.HI/c1-5-23-22(24-14-19(8-10-27)13-17(2)3)25-15-20(21-7-6-12-29-21)26-9-11-28-18(4)16-26;/h6-7,12,17-20,27H,5,8-11,13-16H2,1-4H3,(H2,23,24,25);1H. The molecule has 0 bridgehead atoms. The molecule has 0 saturated carbocycles. The summed E-state index contributed by atoms with van der Waals surface area (Å²) in [6.07, 6.45) is 2.17. The Morgan fingerprint density at radius 2 is 2.20 bits per heavy atom. The molecule has 0 spiro atoms. The van der Waals surface area contributed by atoms with Crippen LogP contribution < -0.4 is 10.6 Å². The highest BCUT2D eigenvalue weighted by Crippen LogP contribution is 2.26. The number of nitrogens with one attached hydrogen (secondary N) is 2. The summed E-state index contributed by atoms with van der Waals surface area (Å²) in [6, 6.07) is 4.66. The second kappa shape index (κ2) is 15.4. The van der Waals surface area contributed by atoms with Crippen LogP contribution in [0.1, 0.15) is 51.5 Å². The van der Waals surface area contributed by atoms with Gasteiger partial charge in [0, 0.05) is 44.2 Å². The average Bonchev–Trinajstić information content (AvgIpc) is 3.20. The Kier molecular flexibility index (Phi) is 14.2. The minimum Gasteiger partial charge on any atom is -0.396 e. The van der Waals surface area contributed by atoms with Gasteiger partial charge in [-0.15, -0.1) is 35.3 Å². The van der Waals surface area contributed by atoms with Gasteiger partial charge in [-0.3, -0.25) is 9.89 Å². The Bertz CT molecular complexity index is 586. The number of aliphatic hydroxyl groups excluding tert-OH is 1. The third-order valence-corrected chi connectivity index (χ3v) is 6.22. The summed E-state index contributed by atoms with van der Waals surface area (Å²) < 4.78 is 5.74. The Morgan fingerprint density at radius 1 is 1.40 bits per heavy atom. The topological polar surface area (TPSA) is 69.1 Å². The number of hydrogen-bond acceptors (Lipinski definition) is 5. The van der Waals surface area contributed by atoms with Gasteiger partial charge in [-0.1, -0.05) is 19.9 Å². The number of aliphatic imine (C=N–C) groups is 1. The highest BCUT2D eigenvalue weighted by atomic mass is 127. The van der Waals surface area contributed by atoms with Crippen LogP contribution in [0.3, 0.4) is 0 Å². The van der Waals surface area contributed by atoms with Crippen LogP contribution in [0.2, 0.25) is 0 Å². The lowest BCUT2D eigenvalue weighted by Crippen LogP contribution is -2.48. The summed E-state index contributed by atoms with van der Waals surface area (Å²) in [7, 11) is 0. The van der Waals surface area contributed by atoms with Gasteiger partial charge in [0.25, 0.3) is 0 Å². The number of nitrogens with zero attached hydrogens (tertiary/aromatic N) is 2. The van der Waals surface area contributed by atoms with Crippen molar-refractivity contribution < 1.29 is 9.84 Å². The first-order chi connectivity index (χ1) is 14.0.